The van der Waals surface area contributed by atoms with Crippen LogP contribution in [0.5, 0.6) is 5.75 Å². The molecule has 1 aliphatic heterocycles. The van der Waals surface area contributed by atoms with E-state index in [1.165, 1.54) is 0 Å². The smallest absolute Gasteiger partial charge is 0.212 e. The fraction of sp³-hybridized carbons (Fsp3) is 0.231. The molecule has 0 saturated carbocycles. The topological polar surface area (TPSA) is 39.9 Å². The molecule has 2 aromatic rings. The van der Waals surface area contributed by atoms with Gasteiger partial charge in [-0.25, -0.2) is 9.67 Å². The Balaban J connectivity index is 2.15. The zero-order valence-corrected chi connectivity index (χ0v) is 10.9. The van der Waals surface area contributed by atoms with Crippen LogP contribution in [0.1, 0.15) is 13.2 Å². The summed E-state index contributed by atoms with van der Waals surface area (Å²) in [6.45, 7) is 5.87. The molecule has 18 heavy (non-hydrogen) atoms. The maximum atomic E-state index is 5.83. The molecule has 1 unspecified atom stereocenters. The zero-order valence-electron chi connectivity index (χ0n) is 10.0. The molecule has 2 heterocycles. The summed E-state index contributed by atoms with van der Waals surface area (Å²) in [5, 5.41) is 5.24. The van der Waals surface area contributed by atoms with Crippen molar-refractivity contribution in [1.29, 1.82) is 0 Å². The molecule has 4 nitrogen and oxygen atoms in total. The third-order valence-corrected chi connectivity index (χ3v) is 3.42. The molecule has 3 rings (SSSR count). The minimum Gasteiger partial charge on any atom is -0.464 e. The van der Waals surface area contributed by atoms with Gasteiger partial charge in [0.05, 0.1) is 5.56 Å². The summed E-state index contributed by atoms with van der Waals surface area (Å²) in [6, 6.07) is 7.86. The van der Waals surface area contributed by atoms with Crippen LogP contribution in [0.3, 0.4) is 0 Å². The highest BCUT2D eigenvalue weighted by molar-refractivity contribution is 7.99. The lowest BCUT2D eigenvalue weighted by molar-refractivity contribution is 0.160. The molecule has 1 aromatic heterocycles. The van der Waals surface area contributed by atoms with E-state index in [1.54, 1.807) is 22.5 Å². The summed E-state index contributed by atoms with van der Waals surface area (Å²) in [5.41, 5.74) is 0.978. The monoisotopic (exact) mass is 259 g/mol. The Kier molecular flexibility index (Phi) is 2.83. The van der Waals surface area contributed by atoms with Gasteiger partial charge in [0.1, 0.15) is 5.75 Å². The number of hydrogen-bond donors (Lipinski definition) is 0. The molecule has 0 saturated heterocycles. The highest BCUT2D eigenvalue weighted by Crippen LogP contribution is 2.37. The first-order valence-electron chi connectivity index (χ1n) is 5.81. The molecule has 0 amide bonds. The third-order valence-electron chi connectivity index (χ3n) is 2.70. The number of benzene rings is 1. The van der Waals surface area contributed by atoms with Gasteiger partial charge in [-0.3, -0.25) is 0 Å². The van der Waals surface area contributed by atoms with Crippen LogP contribution < -0.4 is 4.74 Å². The Morgan fingerprint density at radius 3 is 3.11 bits per heavy atom. The quantitative estimate of drug-likeness (QED) is 0.627. The van der Waals surface area contributed by atoms with E-state index in [0.29, 0.717) is 0 Å². The van der Waals surface area contributed by atoms with Gasteiger partial charge in [-0.2, -0.15) is 0 Å². The van der Waals surface area contributed by atoms with E-state index in [4.69, 9.17) is 4.74 Å². The van der Waals surface area contributed by atoms with E-state index in [-0.39, 0.29) is 6.23 Å². The predicted molar refractivity (Wildman–Crippen MR) is 71.7 cm³/mol. The number of aromatic nitrogens is 3. The van der Waals surface area contributed by atoms with Crippen molar-refractivity contribution in [2.45, 2.75) is 18.3 Å². The van der Waals surface area contributed by atoms with Crippen molar-refractivity contribution in [2.24, 2.45) is 0 Å². The molecular formula is C13H13N3OS. The molecule has 1 aromatic carbocycles. The molecule has 0 aliphatic carbocycles. The molecule has 0 fully saturated rings. The van der Waals surface area contributed by atoms with Crippen LogP contribution >= 0.6 is 11.8 Å². The van der Waals surface area contributed by atoms with Gasteiger partial charge in [0.2, 0.25) is 11.4 Å². The lowest BCUT2D eigenvalue weighted by Gasteiger charge is -2.24. The average Bonchev–Trinajstić information content (AvgIpc) is 2.82. The van der Waals surface area contributed by atoms with Gasteiger partial charge in [-0.05, 0) is 24.0 Å². The van der Waals surface area contributed by atoms with Crippen LogP contribution in [0, 0.1) is 0 Å². The van der Waals surface area contributed by atoms with Crippen LogP contribution in [-0.4, -0.2) is 20.5 Å². The Morgan fingerprint density at radius 1 is 1.50 bits per heavy atom. The van der Waals surface area contributed by atoms with Crippen molar-refractivity contribution >= 4 is 11.8 Å². The van der Waals surface area contributed by atoms with Gasteiger partial charge in [0.15, 0.2) is 5.82 Å². The summed E-state index contributed by atoms with van der Waals surface area (Å²) in [6.07, 6.45) is 1.45. The maximum absolute atomic E-state index is 5.83. The summed E-state index contributed by atoms with van der Waals surface area (Å²) < 4.78 is 7.62. The molecule has 92 valence electrons. The summed E-state index contributed by atoms with van der Waals surface area (Å²) in [4.78, 5) is 4.57. The van der Waals surface area contributed by atoms with Crippen molar-refractivity contribution in [3.8, 4) is 17.1 Å². The Morgan fingerprint density at radius 2 is 2.33 bits per heavy atom. The number of fused-ring (bicyclic) bond motifs is 3. The van der Waals surface area contributed by atoms with E-state index >= 15 is 0 Å². The maximum Gasteiger partial charge on any atom is 0.212 e. The molecule has 0 N–H and O–H groups in total. The molecule has 5 heteroatoms. The first-order valence-corrected chi connectivity index (χ1v) is 6.80. The molecular weight excluding hydrogens is 246 g/mol. The number of para-hydroxylation sites is 1. The van der Waals surface area contributed by atoms with E-state index in [2.05, 4.69) is 23.6 Å². The second kappa shape index (κ2) is 4.49. The minimum atomic E-state index is -0.284. The standard InChI is InChI=1S/C13H13N3OS/c1-3-11-16-12(14-13(15-16)18-4-2)9-7-5-6-8-10(9)17-11/h3,5-8,11H,1,4H2,2H3. The molecule has 1 aliphatic rings. The summed E-state index contributed by atoms with van der Waals surface area (Å²) in [5.74, 6) is 2.62. The van der Waals surface area contributed by atoms with Crippen LogP contribution in [-0.2, 0) is 0 Å². The lowest BCUT2D eigenvalue weighted by atomic mass is 10.1. The molecule has 0 spiro atoms. The first-order chi connectivity index (χ1) is 8.83. The fourth-order valence-corrected chi connectivity index (χ4v) is 2.49. The largest absolute Gasteiger partial charge is 0.464 e. The summed E-state index contributed by atoms with van der Waals surface area (Å²) >= 11 is 1.62. The van der Waals surface area contributed by atoms with Crippen LogP contribution in [0.25, 0.3) is 11.4 Å². The Hall–Kier alpha value is -1.75. The van der Waals surface area contributed by atoms with E-state index in [1.807, 2.05) is 24.3 Å². The van der Waals surface area contributed by atoms with Crippen molar-refractivity contribution in [3.05, 3.63) is 36.9 Å². The molecule has 0 bridgehead atoms. The van der Waals surface area contributed by atoms with Gasteiger partial charge >= 0.3 is 0 Å². The first kappa shape index (κ1) is 11.3. The van der Waals surface area contributed by atoms with Gasteiger partial charge in [-0.1, -0.05) is 37.4 Å². The Labute approximate surface area is 110 Å². The van der Waals surface area contributed by atoms with Gasteiger partial charge in [0, 0.05) is 0 Å². The molecule has 0 radical (unpaired) electrons. The van der Waals surface area contributed by atoms with Gasteiger partial charge < -0.3 is 4.74 Å². The third kappa shape index (κ3) is 1.71. The number of nitrogens with zero attached hydrogens (tertiary/aromatic N) is 3. The van der Waals surface area contributed by atoms with E-state index < -0.39 is 0 Å². The number of thioether (sulfide) groups is 1. The van der Waals surface area contributed by atoms with Crippen LogP contribution in [0.15, 0.2) is 42.1 Å². The number of hydrogen-bond acceptors (Lipinski definition) is 4. The van der Waals surface area contributed by atoms with Crippen molar-refractivity contribution in [2.75, 3.05) is 5.75 Å². The van der Waals surface area contributed by atoms with Crippen molar-refractivity contribution in [3.63, 3.8) is 0 Å². The highest BCUT2D eigenvalue weighted by atomic mass is 32.2. The molecule has 1 atom stereocenters. The lowest BCUT2D eigenvalue weighted by Crippen LogP contribution is -2.20. The number of ether oxygens (including phenoxy) is 1. The second-order valence-corrected chi connectivity index (χ2v) is 5.07. The van der Waals surface area contributed by atoms with E-state index in [9.17, 15) is 0 Å². The predicted octanol–water partition coefficient (Wildman–Crippen LogP) is 3.13. The summed E-state index contributed by atoms with van der Waals surface area (Å²) in [7, 11) is 0. The van der Waals surface area contributed by atoms with Crippen LogP contribution in [0.2, 0.25) is 0 Å². The van der Waals surface area contributed by atoms with Gasteiger partial charge in [0.25, 0.3) is 0 Å². The van der Waals surface area contributed by atoms with Crippen molar-refractivity contribution in [1.82, 2.24) is 14.8 Å². The SMILES string of the molecule is C=CC1Oc2ccccc2-c2nc(SCC)nn21. The second-order valence-electron chi connectivity index (χ2n) is 3.84. The van der Waals surface area contributed by atoms with Crippen molar-refractivity contribution < 1.29 is 4.74 Å². The Bertz CT molecular complexity index is 594. The number of rotatable bonds is 3. The normalized spacial score (nSPS) is 16.6. The van der Waals surface area contributed by atoms with Crippen LogP contribution in [0.4, 0.5) is 0 Å². The fourth-order valence-electron chi connectivity index (χ4n) is 1.94. The van der Waals surface area contributed by atoms with Gasteiger partial charge in [-0.15, -0.1) is 5.10 Å². The van der Waals surface area contributed by atoms with E-state index in [0.717, 1.165) is 28.0 Å². The average molecular weight is 259 g/mol. The minimum absolute atomic E-state index is 0.284. The highest BCUT2D eigenvalue weighted by Gasteiger charge is 2.26. The zero-order chi connectivity index (χ0) is 12.5.